The Morgan fingerprint density at radius 1 is 0.955 bits per heavy atom. The number of nitrogens with zero attached hydrogens (tertiary/aromatic N) is 1. The Morgan fingerprint density at radius 2 is 1.64 bits per heavy atom. The number of likely N-dealkylation sites (N-methyl/N-ethyl adjacent to an activating group) is 1. The van der Waals surface area contributed by atoms with Crippen LogP contribution >= 0.6 is 0 Å². The summed E-state index contributed by atoms with van der Waals surface area (Å²) < 4.78 is 10.5. The monoisotopic (exact) mass is 299 g/mol. The van der Waals surface area contributed by atoms with Gasteiger partial charge in [0.1, 0.15) is 0 Å². The van der Waals surface area contributed by atoms with E-state index in [2.05, 4.69) is 0 Å². The summed E-state index contributed by atoms with van der Waals surface area (Å²) in [5.74, 6) is 1.37. The summed E-state index contributed by atoms with van der Waals surface area (Å²) in [6.07, 6.45) is 0.337. The van der Waals surface area contributed by atoms with Gasteiger partial charge in [0.25, 0.3) is 0 Å². The molecule has 0 unspecified atom stereocenters. The molecule has 2 rings (SSSR count). The summed E-state index contributed by atoms with van der Waals surface area (Å²) in [7, 11) is 5.00. The minimum Gasteiger partial charge on any atom is -0.493 e. The van der Waals surface area contributed by atoms with Crippen LogP contribution < -0.4 is 9.47 Å². The number of hydrogen-bond acceptors (Lipinski definition) is 3. The fourth-order valence-electron chi connectivity index (χ4n) is 2.25. The quantitative estimate of drug-likeness (QED) is 0.823. The van der Waals surface area contributed by atoms with Gasteiger partial charge in [-0.15, -0.1) is 0 Å². The van der Waals surface area contributed by atoms with Crippen molar-refractivity contribution in [1.29, 1.82) is 0 Å². The molecule has 0 heterocycles. The summed E-state index contributed by atoms with van der Waals surface area (Å²) in [6, 6.07) is 15.5. The lowest BCUT2D eigenvalue weighted by molar-refractivity contribution is -0.129. The van der Waals surface area contributed by atoms with Crippen molar-refractivity contribution < 1.29 is 14.3 Å². The average molecular weight is 299 g/mol. The lowest BCUT2D eigenvalue weighted by Crippen LogP contribution is -2.27. The van der Waals surface area contributed by atoms with E-state index in [1.54, 1.807) is 19.1 Å². The molecule has 116 valence electrons. The SMILES string of the molecule is COc1ccc(CC(=O)N(C)Cc2ccccc2)cc1OC. The number of benzene rings is 2. The highest BCUT2D eigenvalue weighted by atomic mass is 16.5. The van der Waals surface area contributed by atoms with Gasteiger partial charge in [0, 0.05) is 13.6 Å². The van der Waals surface area contributed by atoms with Gasteiger partial charge < -0.3 is 14.4 Å². The van der Waals surface area contributed by atoms with Gasteiger partial charge in [-0.2, -0.15) is 0 Å². The van der Waals surface area contributed by atoms with E-state index in [1.165, 1.54) is 0 Å². The molecule has 4 heteroatoms. The molecule has 2 aromatic rings. The van der Waals surface area contributed by atoms with Crippen molar-refractivity contribution in [2.45, 2.75) is 13.0 Å². The van der Waals surface area contributed by atoms with Gasteiger partial charge in [-0.05, 0) is 23.3 Å². The highest BCUT2D eigenvalue weighted by Crippen LogP contribution is 2.27. The van der Waals surface area contributed by atoms with Crippen molar-refractivity contribution in [3.05, 3.63) is 59.7 Å². The molecule has 0 aliphatic carbocycles. The first-order valence-electron chi connectivity index (χ1n) is 7.13. The Morgan fingerprint density at radius 3 is 2.27 bits per heavy atom. The van der Waals surface area contributed by atoms with Crippen molar-refractivity contribution in [2.75, 3.05) is 21.3 Å². The van der Waals surface area contributed by atoms with Crippen LogP contribution in [0.1, 0.15) is 11.1 Å². The van der Waals surface area contributed by atoms with Crippen LogP contribution in [0.5, 0.6) is 11.5 Å². The number of ether oxygens (including phenoxy) is 2. The van der Waals surface area contributed by atoms with Crippen LogP contribution in [0.2, 0.25) is 0 Å². The third-order valence-corrected chi connectivity index (χ3v) is 3.49. The van der Waals surface area contributed by atoms with Crippen molar-refractivity contribution in [2.24, 2.45) is 0 Å². The van der Waals surface area contributed by atoms with Crippen LogP contribution in [0.25, 0.3) is 0 Å². The standard InChI is InChI=1S/C18H21NO3/c1-19(13-14-7-5-4-6-8-14)18(20)12-15-9-10-16(21-2)17(11-15)22-3/h4-11H,12-13H2,1-3H3. The number of rotatable bonds is 6. The van der Waals surface area contributed by atoms with Crippen LogP contribution in [0.15, 0.2) is 48.5 Å². The summed E-state index contributed by atoms with van der Waals surface area (Å²) in [5.41, 5.74) is 2.02. The van der Waals surface area contributed by atoms with Gasteiger partial charge in [0.05, 0.1) is 20.6 Å². The Kier molecular flexibility index (Phi) is 5.42. The number of carbonyl (C=O) groups is 1. The highest BCUT2D eigenvalue weighted by Gasteiger charge is 2.12. The van der Waals surface area contributed by atoms with E-state index in [1.807, 2.05) is 55.6 Å². The normalized spacial score (nSPS) is 10.1. The van der Waals surface area contributed by atoms with Gasteiger partial charge in [-0.3, -0.25) is 4.79 Å². The van der Waals surface area contributed by atoms with E-state index in [0.717, 1.165) is 11.1 Å². The van der Waals surface area contributed by atoms with Crippen LogP contribution in [-0.4, -0.2) is 32.1 Å². The molecule has 0 saturated heterocycles. The molecule has 2 aromatic carbocycles. The van der Waals surface area contributed by atoms with Crippen LogP contribution in [0.3, 0.4) is 0 Å². The Labute approximate surface area is 131 Å². The van der Waals surface area contributed by atoms with Crippen LogP contribution in [0, 0.1) is 0 Å². The minimum atomic E-state index is 0.0658. The molecule has 0 radical (unpaired) electrons. The van der Waals surface area contributed by atoms with Crippen molar-refractivity contribution in [3.63, 3.8) is 0 Å². The van der Waals surface area contributed by atoms with Gasteiger partial charge in [0.15, 0.2) is 11.5 Å². The van der Waals surface area contributed by atoms with Gasteiger partial charge in [0.2, 0.25) is 5.91 Å². The van der Waals surface area contributed by atoms with Gasteiger partial charge in [-0.1, -0.05) is 36.4 Å². The molecular weight excluding hydrogens is 278 g/mol. The number of amides is 1. The van der Waals surface area contributed by atoms with Crippen molar-refractivity contribution >= 4 is 5.91 Å². The van der Waals surface area contributed by atoms with E-state index in [-0.39, 0.29) is 5.91 Å². The fourth-order valence-corrected chi connectivity index (χ4v) is 2.25. The molecule has 0 fully saturated rings. The molecular formula is C18H21NO3. The minimum absolute atomic E-state index is 0.0658. The second-order valence-electron chi connectivity index (χ2n) is 5.10. The zero-order valence-electron chi connectivity index (χ0n) is 13.2. The molecule has 0 N–H and O–H groups in total. The molecule has 0 aliphatic heterocycles. The summed E-state index contributed by atoms with van der Waals surface area (Å²) in [5, 5.41) is 0. The average Bonchev–Trinajstić information content (AvgIpc) is 2.55. The lowest BCUT2D eigenvalue weighted by Gasteiger charge is -2.18. The Balaban J connectivity index is 2.02. The molecule has 0 saturated carbocycles. The molecule has 0 spiro atoms. The highest BCUT2D eigenvalue weighted by molar-refractivity contribution is 5.78. The van der Waals surface area contributed by atoms with E-state index < -0.39 is 0 Å². The maximum atomic E-state index is 12.3. The first-order chi connectivity index (χ1) is 10.6. The van der Waals surface area contributed by atoms with E-state index >= 15 is 0 Å². The fraction of sp³-hybridized carbons (Fsp3) is 0.278. The second-order valence-corrected chi connectivity index (χ2v) is 5.10. The predicted octanol–water partition coefficient (Wildman–Crippen LogP) is 2.90. The maximum absolute atomic E-state index is 12.3. The summed E-state index contributed by atoms with van der Waals surface area (Å²) in [6.45, 7) is 0.604. The third-order valence-electron chi connectivity index (χ3n) is 3.49. The summed E-state index contributed by atoms with van der Waals surface area (Å²) >= 11 is 0. The number of methoxy groups -OCH3 is 2. The lowest BCUT2D eigenvalue weighted by atomic mass is 10.1. The van der Waals surface area contributed by atoms with Crippen LogP contribution in [0.4, 0.5) is 0 Å². The first-order valence-corrected chi connectivity index (χ1v) is 7.13. The molecule has 0 aromatic heterocycles. The number of carbonyl (C=O) groups excluding carboxylic acids is 1. The molecule has 0 bridgehead atoms. The molecule has 0 aliphatic rings. The van der Waals surface area contributed by atoms with E-state index in [9.17, 15) is 4.79 Å². The molecule has 1 amide bonds. The summed E-state index contributed by atoms with van der Waals surface area (Å²) in [4.78, 5) is 14.1. The van der Waals surface area contributed by atoms with E-state index in [0.29, 0.717) is 24.5 Å². The van der Waals surface area contributed by atoms with Gasteiger partial charge in [-0.25, -0.2) is 0 Å². The molecule has 22 heavy (non-hydrogen) atoms. The van der Waals surface area contributed by atoms with Crippen LogP contribution in [-0.2, 0) is 17.8 Å². The Bertz CT molecular complexity index is 625. The maximum Gasteiger partial charge on any atom is 0.227 e. The largest absolute Gasteiger partial charge is 0.493 e. The zero-order valence-corrected chi connectivity index (χ0v) is 13.2. The number of hydrogen-bond donors (Lipinski definition) is 0. The zero-order chi connectivity index (χ0) is 15.9. The topological polar surface area (TPSA) is 38.8 Å². The Hall–Kier alpha value is -2.49. The predicted molar refractivity (Wildman–Crippen MR) is 86.2 cm³/mol. The van der Waals surface area contributed by atoms with Crippen molar-refractivity contribution in [1.82, 2.24) is 4.90 Å². The van der Waals surface area contributed by atoms with E-state index in [4.69, 9.17) is 9.47 Å². The second kappa shape index (κ2) is 7.50. The third kappa shape index (κ3) is 4.01. The van der Waals surface area contributed by atoms with Gasteiger partial charge >= 0.3 is 0 Å². The molecule has 0 atom stereocenters. The molecule has 4 nitrogen and oxygen atoms in total. The first kappa shape index (κ1) is 15.9. The van der Waals surface area contributed by atoms with Crippen molar-refractivity contribution in [3.8, 4) is 11.5 Å². The smallest absolute Gasteiger partial charge is 0.227 e.